The van der Waals surface area contributed by atoms with Crippen molar-refractivity contribution in [3.05, 3.63) is 11.6 Å². The molecular formula is C28H43NO9. The highest BCUT2D eigenvalue weighted by Gasteiger charge is 2.59. The fourth-order valence-corrected chi connectivity index (χ4v) is 8.23. The largest absolute Gasteiger partial charge is 0.507 e. The van der Waals surface area contributed by atoms with E-state index in [1.54, 1.807) is 0 Å². The van der Waals surface area contributed by atoms with Crippen LogP contribution in [0.5, 0.6) is 0 Å². The second kappa shape index (κ2) is 11.2. The number of fused-ring (bicyclic) bond motifs is 5. The van der Waals surface area contributed by atoms with Crippen LogP contribution in [0, 0.1) is 34.5 Å². The summed E-state index contributed by atoms with van der Waals surface area (Å²) >= 11 is 0. The molecule has 10 heteroatoms. The topological polar surface area (TPSA) is 155 Å². The number of aliphatic hydroxyl groups is 3. The van der Waals surface area contributed by atoms with Gasteiger partial charge in [-0.25, -0.2) is 4.79 Å². The summed E-state index contributed by atoms with van der Waals surface area (Å²) in [5.74, 6) is 2.18. The van der Waals surface area contributed by atoms with E-state index >= 15 is 0 Å². The minimum atomic E-state index is -1.68. The van der Waals surface area contributed by atoms with Gasteiger partial charge in [0.2, 0.25) is 0 Å². The molecule has 4 aliphatic carbocycles. The number of allylic oxidation sites excluding steroid dienone is 1. The number of carbonyl (C=O) groups is 2. The fourth-order valence-electron chi connectivity index (χ4n) is 8.23. The zero-order valence-electron chi connectivity index (χ0n) is 22.8. The van der Waals surface area contributed by atoms with Crippen molar-refractivity contribution < 1.29 is 44.3 Å². The van der Waals surface area contributed by atoms with Gasteiger partial charge < -0.3 is 34.7 Å². The van der Waals surface area contributed by atoms with Crippen molar-refractivity contribution in [2.75, 3.05) is 6.79 Å². The minimum absolute atomic E-state index is 0.0423. The second-order valence-corrected chi connectivity index (χ2v) is 12.3. The Morgan fingerprint density at radius 3 is 2.50 bits per heavy atom. The molecule has 4 aliphatic rings. The average Bonchev–Trinajstić information content (AvgIpc) is 3.22. The Morgan fingerprint density at radius 1 is 1.08 bits per heavy atom. The van der Waals surface area contributed by atoms with Gasteiger partial charge in [0.25, 0.3) is 6.29 Å². The van der Waals surface area contributed by atoms with Crippen LogP contribution in [-0.2, 0) is 19.1 Å². The lowest BCUT2D eigenvalue weighted by Gasteiger charge is -2.58. The van der Waals surface area contributed by atoms with Gasteiger partial charge in [0.15, 0.2) is 12.6 Å². The van der Waals surface area contributed by atoms with Gasteiger partial charge in [-0.15, -0.1) is 0 Å². The molecule has 0 aromatic carbocycles. The first-order chi connectivity index (χ1) is 17.9. The highest BCUT2D eigenvalue weighted by molar-refractivity contribution is 5.91. The van der Waals surface area contributed by atoms with Crippen LogP contribution in [0.1, 0.15) is 79.1 Å². The van der Waals surface area contributed by atoms with Crippen LogP contribution in [0.2, 0.25) is 0 Å². The summed E-state index contributed by atoms with van der Waals surface area (Å²) in [6.45, 7) is 7.19. The van der Waals surface area contributed by atoms with Crippen LogP contribution in [0.25, 0.3) is 0 Å². The van der Waals surface area contributed by atoms with Crippen molar-refractivity contribution >= 4 is 17.7 Å². The lowest BCUT2D eigenvalue weighted by molar-refractivity contribution is -0.247. The molecule has 38 heavy (non-hydrogen) atoms. The Bertz CT molecular complexity index is 964. The molecule has 1 unspecified atom stereocenters. The highest BCUT2D eigenvalue weighted by Crippen LogP contribution is 2.66. The van der Waals surface area contributed by atoms with E-state index in [0.29, 0.717) is 24.2 Å². The maximum absolute atomic E-state index is 12.1. The fraction of sp³-hybridized carbons (Fsp3) is 0.821. The molecule has 10 nitrogen and oxygen atoms in total. The molecule has 0 amide bonds. The molecule has 214 valence electrons. The molecule has 0 spiro atoms. The van der Waals surface area contributed by atoms with E-state index in [4.69, 9.17) is 14.7 Å². The highest BCUT2D eigenvalue weighted by atomic mass is 16.8. The summed E-state index contributed by atoms with van der Waals surface area (Å²) in [6, 6.07) is 0. The summed E-state index contributed by atoms with van der Waals surface area (Å²) in [4.78, 5) is 28.3. The molecule has 3 saturated carbocycles. The smallest absolute Gasteiger partial charge is 0.450 e. The van der Waals surface area contributed by atoms with Crippen molar-refractivity contribution in [1.82, 2.24) is 0 Å². The molecule has 3 fully saturated rings. The van der Waals surface area contributed by atoms with Gasteiger partial charge in [0.05, 0.1) is 11.8 Å². The molecule has 10 atom stereocenters. The Morgan fingerprint density at radius 2 is 1.82 bits per heavy atom. The first-order valence-corrected chi connectivity index (χ1v) is 13.8. The molecule has 0 aromatic rings. The Hall–Kier alpha value is -2.01. The molecule has 0 saturated heterocycles. The third kappa shape index (κ3) is 5.37. The molecule has 4 rings (SSSR count). The van der Waals surface area contributed by atoms with E-state index in [9.17, 15) is 24.9 Å². The zero-order chi connectivity index (χ0) is 27.8. The van der Waals surface area contributed by atoms with Gasteiger partial charge in [-0.3, -0.25) is 4.79 Å². The zero-order valence-corrected chi connectivity index (χ0v) is 22.8. The maximum atomic E-state index is 12.1. The van der Waals surface area contributed by atoms with Crippen molar-refractivity contribution in [2.24, 2.45) is 39.7 Å². The molecule has 0 aliphatic heterocycles. The summed E-state index contributed by atoms with van der Waals surface area (Å²) in [5.41, 5.74) is 2.27. The van der Waals surface area contributed by atoms with Crippen molar-refractivity contribution in [1.29, 1.82) is 0 Å². The van der Waals surface area contributed by atoms with Gasteiger partial charge in [-0.05, 0) is 93.5 Å². The van der Waals surface area contributed by atoms with Crippen molar-refractivity contribution in [3.63, 3.8) is 0 Å². The molecule has 0 radical (unpaired) electrons. The summed E-state index contributed by atoms with van der Waals surface area (Å²) in [5, 5.41) is 43.2. The third-order valence-corrected chi connectivity index (χ3v) is 10.3. The lowest BCUT2D eigenvalue weighted by atomic mass is 9.46. The number of rotatable bonds is 9. The van der Waals surface area contributed by atoms with E-state index in [1.165, 1.54) is 12.5 Å². The summed E-state index contributed by atoms with van der Waals surface area (Å²) < 4.78 is 9.53. The van der Waals surface area contributed by atoms with Gasteiger partial charge in [-0.2, -0.15) is 0 Å². The maximum Gasteiger partial charge on any atom is 0.507 e. The second-order valence-electron chi connectivity index (χ2n) is 12.3. The van der Waals surface area contributed by atoms with Crippen LogP contribution < -0.4 is 0 Å². The van der Waals surface area contributed by atoms with Gasteiger partial charge >= 0.3 is 6.16 Å². The number of carbonyl (C=O) groups excluding carboxylic acids is 1. The van der Waals surface area contributed by atoms with Gasteiger partial charge in [-0.1, -0.05) is 24.6 Å². The number of hydrogen-bond acceptors (Lipinski definition) is 9. The van der Waals surface area contributed by atoms with Gasteiger partial charge in [0, 0.05) is 12.3 Å². The first kappa shape index (κ1) is 29.0. The molecule has 0 heterocycles. The Kier molecular flexibility index (Phi) is 8.57. The number of oxime groups is 1. The minimum Gasteiger partial charge on any atom is -0.450 e. The quantitative estimate of drug-likeness (QED) is 0.149. The van der Waals surface area contributed by atoms with Crippen LogP contribution in [0.15, 0.2) is 16.8 Å². The van der Waals surface area contributed by atoms with Crippen LogP contribution in [-0.4, -0.2) is 69.5 Å². The number of ether oxygens (including phenoxy) is 2. The molecule has 0 bridgehead atoms. The number of hydrogen-bond donors (Lipinski definition) is 4. The number of aliphatic hydroxyl groups excluding tert-OH is 3. The Balaban J connectivity index is 1.47. The van der Waals surface area contributed by atoms with Crippen LogP contribution in [0.3, 0.4) is 0 Å². The Labute approximate surface area is 224 Å². The molecule has 4 N–H and O–H groups in total. The number of carboxylic acid groups (broad SMARTS) is 1. The van der Waals surface area contributed by atoms with E-state index in [2.05, 4.69) is 23.7 Å². The first-order valence-electron chi connectivity index (χ1n) is 13.8. The number of ketones is 1. The van der Waals surface area contributed by atoms with E-state index in [-0.39, 0.29) is 22.5 Å². The monoisotopic (exact) mass is 537 g/mol. The summed E-state index contributed by atoms with van der Waals surface area (Å²) in [7, 11) is 0. The predicted octanol–water partition coefficient (Wildman–Crippen LogP) is 3.62. The number of nitrogens with zero attached hydrogens (tertiary/aromatic N) is 1. The average molecular weight is 538 g/mol. The van der Waals surface area contributed by atoms with Crippen LogP contribution in [0.4, 0.5) is 4.79 Å². The lowest BCUT2D eigenvalue weighted by Crippen LogP contribution is -2.51. The normalized spacial score (nSPS) is 38.1. The summed E-state index contributed by atoms with van der Waals surface area (Å²) in [6.07, 6.45) is 2.23. The van der Waals surface area contributed by atoms with E-state index in [1.807, 2.05) is 13.0 Å². The molecule has 0 aromatic heterocycles. The van der Waals surface area contributed by atoms with Crippen LogP contribution >= 0.6 is 0 Å². The van der Waals surface area contributed by atoms with Crippen molar-refractivity contribution in [3.8, 4) is 0 Å². The van der Waals surface area contributed by atoms with E-state index < -0.39 is 37.6 Å². The SMILES string of the molecule is C/C(=N\OC(OCOC(=O)O)[C@H](O)[C@@H](O)[C@@H](C)O)[C@H]1CC[C@H]2[C@@H]3CCC4=CC(=O)CC[C@]4(C)[C@H]3CC[C@]12C. The van der Waals surface area contributed by atoms with Gasteiger partial charge in [0.1, 0.15) is 12.2 Å². The third-order valence-electron chi connectivity index (χ3n) is 10.3. The van der Waals surface area contributed by atoms with E-state index in [0.717, 1.165) is 50.7 Å². The molecular weight excluding hydrogens is 494 g/mol. The predicted molar refractivity (Wildman–Crippen MR) is 137 cm³/mol. The van der Waals surface area contributed by atoms with Crippen molar-refractivity contribution in [2.45, 2.75) is 104 Å². The standard InChI is InChI=1S/C28H43NO9/c1-15(29-38-25(36-14-37-26(34)35)24(33)23(32)16(2)30)20-7-8-21-19-6-5-17-13-18(31)9-11-27(17,3)22(19)10-12-28(20,21)4/h13,16,19-25,30,32-33H,5-12,14H2,1-4H3,(H,34,35)/b29-15+/t16-,19+,20-,21+,22+,23+,24-,25?,27+,28-/m1/s1.